The molecule has 0 aliphatic heterocycles. The van der Waals surface area contributed by atoms with E-state index in [4.69, 9.17) is 0 Å². The van der Waals surface area contributed by atoms with Crippen molar-refractivity contribution in [1.82, 2.24) is 9.29 Å². The Morgan fingerprint density at radius 1 is 1.39 bits per heavy atom. The van der Waals surface area contributed by atoms with Gasteiger partial charge in [0.25, 0.3) is 0 Å². The summed E-state index contributed by atoms with van der Waals surface area (Å²) in [4.78, 5) is 4.10. The smallest absolute Gasteiger partial charge is 0.246 e. The van der Waals surface area contributed by atoms with Gasteiger partial charge < -0.3 is 5.32 Å². The molecule has 1 rings (SSSR count). The fraction of sp³-hybridized carbons (Fsp3) is 0.583. The number of nitrogens with one attached hydrogen (secondary N) is 1. The second-order valence-electron chi connectivity index (χ2n) is 5.44. The summed E-state index contributed by atoms with van der Waals surface area (Å²) in [6.07, 6.45) is 2.94. The monoisotopic (exact) mass is 271 g/mol. The molecule has 0 saturated heterocycles. The van der Waals surface area contributed by atoms with Crippen LogP contribution < -0.4 is 5.32 Å². The van der Waals surface area contributed by atoms with Crippen molar-refractivity contribution in [2.75, 3.05) is 26.0 Å². The van der Waals surface area contributed by atoms with E-state index >= 15 is 0 Å². The Kier molecular flexibility index (Phi) is 4.34. The van der Waals surface area contributed by atoms with Crippen LogP contribution in [0.3, 0.4) is 0 Å². The third-order valence-corrected chi connectivity index (χ3v) is 4.27. The number of rotatable bonds is 4. The van der Waals surface area contributed by atoms with Crippen molar-refractivity contribution in [3.05, 3.63) is 18.5 Å². The minimum absolute atomic E-state index is 0.0934. The van der Waals surface area contributed by atoms with Crippen LogP contribution in [0.4, 0.5) is 5.69 Å². The van der Waals surface area contributed by atoms with Crippen LogP contribution in [0.25, 0.3) is 0 Å². The van der Waals surface area contributed by atoms with Gasteiger partial charge in [0.2, 0.25) is 10.0 Å². The Bertz CT molecular complexity index is 506. The molecule has 0 bridgehead atoms. The molecule has 0 amide bonds. The largest absolute Gasteiger partial charge is 0.387 e. The first kappa shape index (κ1) is 14.9. The summed E-state index contributed by atoms with van der Waals surface area (Å²) < 4.78 is 26.2. The lowest BCUT2D eigenvalue weighted by Crippen LogP contribution is -2.34. The molecule has 0 spiro atoms. The quantitative estimate of drug-likeness (QED) is 0.907. The molecular weight excluding hydrogens is 250 g/mol. The van der Waals surface area contributed by atoms with Crippen molar-refractivity contribution < 1.29 is 8.42 Å². The molecule has 0 fully saturated rings. The van der Waals surface area contributed by atoms with Crippen molar-refractivity contribution in [3.8, 4) is 0 Å². The van der Waals surface area contributed by atoms with Crippen LogP contribution >= 0.6 is 0 Å². The first-order valence-corrected chi connectivity index (χ1v) is 7.20. The summed E-state index contributed by atoms with van der Waals surface area (Å²) in [6.45, 7) is 6.46. The van der Waals surface area contributed by atoms with Crippen LogP contribution in [0.2, 0.25) is 0 Å². The first-order valence-electron chi connectivity index (χ1n) is 5.76. The Balaban J connectivity index is 3.14. The molecule has 18 heavy (non-hydrogen) atoms. The zero-order valence-corrected chi connectivity index (χ0v) is 12.4. The standard InChI is InChI=1S/C12H21N3O2S/c1-12(2,3)9-15(5)18(16,17)11-8-14-7-6-10(11)13-4/h6-8H,9H2,1-5H3,(H,13,14). The fourth-order valence-corrected chi connectivity index (χ4v) is 3.25. The van der Waals surface area contributed by atoms with E-state index in [9.17, 15) is 8.42 Å². The van der Waals surface area contributed by atoms with Gasteiger partial charge in [0.1, 0.15) is 4.90 Å². The number of pyridine rings is 1. The SMILES string of the molecule is CNc1ccncc1S(=O)(=O)N(C)CC(C)(C)C. The van der Waals surface area contributed by atoms with Gasteiger partial charge in [-0.3, -0.25) is 4.98 Å². The van der Waals surface area contributed by atoms with Gasteiger partial charge in [-0.05, 0) is 11.5 Å². The molecule has 1 heterocycles. The fourth-order valence-electron chi connectivity index (χ4n) is 1.71. The van der Waals surface area contributed by atoms with Crippen LogP contribution in [-0.2, 0) is 10.0 Å². The molecule has 0 saturated carbocycles. The van der Waals surface area contributed by atoms with E-state index in [0.717, 1.165) is 0 Å². The van der Waals surface area contributed by atoms with Gasteiger partial charge in [-0.25, -0.2) is 12.7 Å². The Hall–Kier alpha value is -1.14. The summed E-state index contributed by atoms with van der Waals surface area (Å²) >= 11 is 0. The van der Waals surface area contributed by atoms with E-state index < -0.39 is 10.0 Å². The van der Waals surface area contributed by atoms with Crippen molar-refractivity contribution >= 4 is 15.7 Å². The lowest BCUT2D eigenvalue weighted by Gasteiger charge is -2.26. The maximum Gasteiger partial charge on any atom is 0.246 e. The van der Waals surface area contributed by atoms with E-state index in [2.05, 4.69) is 10.3 Å². The maximum absolute atomic E-state index is 12.4. The van der Waals surface area contributed by atoms with Gasteiger partial charge in [-0.2, -0.15) is 0 Å². The van der Waals surface area contributed by atoms with Gasteiger partial charge in [0.15, 0.2) is 0 Å². The molecule has 0 unspecified atom stereocenters. The zero-order valence-electron chi connectivity index (χ0n) is 11.6. The number of sulfonamides is 1. The molecule has 1 aromatic heterocycles. The third-order valence-electron chi connectivity index (χ3n) is 2.44. The number of hydrogen-bond donors (Lipinski definition) is 1. The third kappa shape index (κ3) is 3.43. The van der Waals surface area contributed by atoms with Gasteiger partial charge in [0, 0.05) is 33.0 Å². The Morgan fingerprint density at radius 2 is 2.00 bits per heavy atom. The van der Waals surface area contributed by atoms with Crippen LogP contribution in [0.15, 0.2) is 23.4 Å². The lowest BCUT2D eigenvalue weighted by molar-refractivity contribution is 0.311. The molecular formula is C12H21N3O2S. The average molecular weight is 271 g/mol. The van der Waals surface area contributed by atoms with E-state index in [1.807, 2.05) is 20.8 Å². The number of aromatic nitrogens is 1. The molecule has 5 nitrogen and oxygen atoms in total. The molecule has 6 heteroatoms. The average Bonchev–Trinajstić information content (AvgIpc) is 2.26. The minimum Gasteiger partial charge on any atom is -0.387 e. The molecule has 102 valence electrons. The normalized spacial score (nSPS) is 12.8. The van der Waals surface area contributed by atoms with Crippen LogP contribution in [0.5, 0.6) is 0 Å². The highest BCUT2D eigenvalue weighted by Gasteiger charge is 2.27. The summed E-state index contributed by atoms with van der Waals surface area (Å²) in [7, 11) is -0.224. The number of nitrogens with zero attached hydrogens (tertiary/aromatic N) is 2. The topological polar surface area (TPSA) is 62.3 Å². The van der Waals surface area contributed by atoms with Crippen molar-refractivity contribution in [2.45, 2.75) is 25.7 Å². The van der Waals surface area contributed by atoms with E-state index in [-0.39, 0.29) is 10.3 Å². The van der Waals surface area contributed by atoms with Crippen LogP contribution in [-0.4, -0.2) is 38.3 Å². The van der Waals surface area contributed by atoms with E-state index in [1.165, 1.54) is 10.5 Å². The van der Waals surface area contributed by atoms with E-state index in [0.29, 0.717) is 12.2 Å². The molecule has 0 radical (unpaired) electrons. The summed E-state index contributed by atoms with van der Waals surface area (Å²) in [5, 5.41) is 2.87. The van der Waals surface area contributed by atoms with Crippen LogP contribution in [0, 0.1) is 5.41 Å². The summed E-state index contributed by atoms with van der Waals surface area (Å²) in [5.41, 5.74) is 0.467. The summed E-state index contributed by atoms with van der Waals surface area (Å²) in [5.74, 6) is 0. The molecule has 0 aliphatic rings. The zero-order chi connectivity index (χ0) is 14.0. The number of hydrogen-bond acceptors (Lipinski definition) is 4. The minimum atomic E-state index is -3.51. The Labute approximate surface area is 109 Å². The van der Waals surface area contributed by atoms with Crippen molar-refractivity contribution in [1.29, 1.82) is 0 Å². The van der Waals surface area contributed by atoms with Gasteiger partial charge in [-0.1, -0.05) is 20.8 Å². The van der Waals surface area contributed by atoms with E-state index in [1.54, 1.807) is 26.4 Å². The lowest BCUT2D eigenvalue weighted by atomic mass is 9.97. The molecule has 1 N–H and O–H groups in total. The molecule has 1 aromatic rings. The second-order valence-corrected chi connectivity index (χ2v) is 7.46. The molecule has 0 aromatic carbocycles. The number of anilines is 1. The van der Waals surface area contributed by atoms with Crippen molar-refractivity contribution in [2.24, 2.45) is 5.41 Å². The predicted octanol–water partition coefficient (Wildman–Crippen LogP) is 1.79. The summed E-state index contributed by atoms with van der Waals surface area (Å²) in [6, 6.07) is 1.65. The van der Waals surface area contributed by atoms with Gasteiger partial charge in [0.05, 0.1) is 5.69 Å². The van der Waals surface area contributed by atoms with Crippen LogP contribution in [0.1, 0.15) is 20.8 Å². The second kappa shape index (κ2) is 5.24. The Morgan fingerprint density at radius 3 is 2.50 bits per heavy atom. The van der Waals surface area contributed by atoms with Gasteiger partial charge in [-0.15, -0.1) is 0 Å². The first-order chi connectivity index (χ1) is 8.18. The van der Waals surface area contributed by atoms with Crippen molar-refractivity contribution in [3.63, 3.8) is 0 Å². The molecule has 0 aliphatic carbocycles. The molecule has 0 atom stereocenters. The highest BCUT2D eigenvalue weighted by molar-refractivity contribution is 7.89. The maximum atomic E-state index is 12.4. The van der Waals surface area contributed by atoms with Gasteiger partial charge >= 0.3 is 0 Å². The highest BCUT2D eigenvalue weighted by atomic mass is 32.2. The highest BCUT2D eigenvalue weighted by Crippen LogP contribution is 2.25. The predicted molar refractivity (Wildman–Crippen MR) is 73.1 cm³/mol.